The van der Waals surface area contributed by atoms with Gasteiger partial charge in [0, 0.05) is 18.3 Å². The third-order valence-electron chi connectivity index (χ3n) is 5.71. The summed E-state index contributed by atoms with van der Waals surface area (Å²) in [5.41, 5.74) is 2.87. The van der Waals surface area contributed by atoms with E-state index in [0.29, 0.717) is 52.2 Å². The van der Waals surface area contributed by atoms with E-state index in [-0.39, 0.29) is 19.4 Å². The van der Waals surface area contributed by atoms with E-state index in [1.54, 1.807) is 37.3 Å². The number of hydrogen-bond donors (Lipinski definition) is 1. The molecule has 0 bridgehead atoms. The molecule has 1 N–H and O–H groups in total. The summed E-state index contributed by atoms with van der Waals surface area (Å²) in [4.78, 5) is 14.9. The fraction of sp³-hybridized carbons (Fsp3) is 0.185. The molecule has 0 unspecified atom stereocenters. The molecule has 0 saturated heterocycles. The molecule has 9 heteroatoms. The Morgan fingerprint density at radius 2 is 1.78 bits per heavy atom. The molecule has 3 aromatic carbocycles. The first kappa shape index (κ1) is 23.1. The summed E-state index contributed by atoms with van der Waals surface area (Å²) >= 11 is 0. The van der Waals surface area contributed by atoms with E-state index in [1.807, 2.05) is 54.6 Å². The van der Waals surface area contributed by atoms with Crippen LogP contribution in [-0.4, -0.2) is 37.1 Å². The Hall–Kier alpha value is -4.66. The minimum absolute atomic E-state index is 0.187. The second-order valence-corrected chi connectivity index (χ2v) is 8.09. The van der Waals surface area contributed by atoms with Crippen LogP contribution in [0.1, 0.15) is 11.3 Å². The first-order valence-corrected chi connectivity index (χ1v) is 11.3. The van der Waals surface area contributed by atoms with Crippen molar-refractivity contribution in [3.8, 4) is 34.3 Å². The Bertz CT molecular complexity index is 1350. The Morgan fingerprint density at radius 3 is 2.58 bits per heavy atom. The Balaban J connectivity index is 1.40. The van der Waals surface area contributed by atoms with Crippen molar-refractivity contribution in [3.05, 3.63) is 84.1 Å². The molecule has 36 heavy (non-hydrogen) atoms. The smallest absolute Gasteiger partial charge is 0.322 e. The lowest BCUT2D eigenvalue weighted by molar-refractivity contribution is 0.174. The van der Waals surface area contributed by atoms with Gasteiger partial charge in [0.15, 0.2) is 17.3 Å². The summed E-state index contributed by atoms with van der Waals surface area (Å²) < 4.78 is 27.3. The minimum atomic E-state index is -0.276. The number of hydrogen-bond acceptors (Lipinski definition) is 7. The van der Waals surface area contributed by atoms with E-state index < -0.39 is 0 Å². The number of para-hydroxylation sites is 1. The number of aromatic nitrogens is 1. The lowest BCUT2D eigenvalue weighted by atomic mass is 10.1. The van der Waals surface area contributed by atoms with Gasteiger partial charge in [-0.05, 0) is 48.0 Å². The van der Waals surface area contributed by atoms with Gasteiger partial charge >= 0.3 is 6.03 Å². The Kier molecular flexibility index (Phi) is 6.61. The number of methoxy groups -OCH3 is 2. The highest BCUT2D eigenvalue weighted by atomic mass is 16.7. The summed E-state index contributed by atoms with van der Waals surface area (Å²) in [6.07, 6.45) is 0. The van der Waals surface area contributed by atoms with Crippen LogP contribution < -0.4 is 24.3 Å². The van der Waals surface area contributed by atoms with Crippen LogP contribution in [0, 0.1) is 0 Å². The minimum Gasteiger partial charge on any atom is -0.497 e. The predicted octanol–water partition coefficient (Wildman–Crippen LogP) is 5.32. The number of benzene rings is 3. The van der Waals surface area contributed by atoms with Crippen LogP contribution in [0.5, 0.6) is 23.0 Å². The van der Waals surface area contributed by atoms with E-state index in [9.17, 15) is 4.79 Å². The first-order valence-electron chi connectivity index (χ1n) is 11.3. The first-order chi connectivity index (χ1) is 17.6. The molecule has 0 atom stereocenters. The Morgan fingerprint density at radius 1 is 0.944 bits per heavy atom. The molecule has 0 saturated carbocycles. The average Bonchev–Trinajstić information content (AvgIpc) is 3.58. The molecule has 2 heterocycles. The number of fused-ring (bicyclic) bond motifs is 1. The highest BCUT2D eigenvalue weighted by molar-refractivity contribution is 5.89. The highest BCUT2D eigenvalue weighted by Crippen LogP contribution is 2.35. The number of amides is 2. The maximum absolute atomic E-state index is 13.3. The van der Waals surface area contributed by atoms with Gasteiger partial charge in [-0.25, -0.2) is 4.79 Å². The van der Waals surface area contributed by atoms with Crippen LogP contribution in [0.15, 0.2) is 77.3 Å². The van der Waals surface area contributed by atoms with Crippen molar-refractivity contribution >= 4 is 11.7 Å². The maximum atomic E-state index is 13.3. The number of rotatable bonds is 8. The van der Waals surface area contributed by atoms with Gasteiger partial charge in [-0.15, -0.1) is 0 Å². The van der Waals surface area contributed by atoms with Crippen molar-refractivity contribution in [3.63, 3.8) is 0 Å². The van der Waals surface area contributed by atoms with Gasteiger partial charge in [0.1, 0.15) is 17.2 Å². The normalized spacial score (nSPS) is 11.7. The van der Waals surface area contributed by atoms with Crippen LogP contribution >= 0.6 is 0 Å². The molecule has 2 amide bonds. The molecule has 0 spiro atoms. The van der Waals surface area contributed by atoms with E-state index >= 15 is 0 Å². The molecule has 0 fully saturated rings. The van der Waals surface area contributed by atoms with E-state index in [1.165, 1.54) is 0 Å². The number of nitrogens with zero attached hydrogens (tertiary/aromatic N) is 2. The van der Waals surface area contributed by atoms with Crippen molar-refractivity contribution in [2.45, 2.75) is 13.1 Å². The fourth-order valence-corrected chi connectivity index (χ4v) is 3.90. The van der Waals surface area contributed by atoms with Crippen molar-refractivity contribution in [1.82, 2.24) is 10.1 Å². The van der Waals surface area contributed by atoms with Crippen LogP contribution in [-0.2, 0) is 13.1 Å². The zero-order chi connectivity index (χ0) is 24.9. The molecule has 1 aliphatic rings. The molecule has 9 nitrogen and oxygen atoms in total. The van der Waals surface area contributed by atoms with Crippen molar-refractivity contribution in [1.29, 1.82) is 0 Å². The molecule has 5 rings (SSSR count). The van der Waals surface area contributed by atoms with Crippen LogP contribution in [0.4, 0.5) is 10.5 Å². The second kappa shape index (κ2) is 10.3. The SMILES string of the molecule is COc1ccc(OC)c(-c2cc(CN(Cc3ccc4c(c3)OCO4)C(=O)Nc3ccccc3)no2)c1. The van der Waals surface area contributed by atoms with E-state index in [0.717, 1.165) is 5.56 Å². The molecule has 1 aromatic heterocycles. The van der Waals surface area contributed by atoms with Gasteiger partial charge < -0.3 is 33.7 Å². The molecule has 1 aliphatic heterocycles. The zero-order valence-corrected chi connectivity index (χ0v) is 19.9. The van der Waals surface area contributed by atoms with Gasteiger partial charge in [-0.1, -0.05) is 29.4 Å². The second-order valence-electron chi connectivity index (χ2n) is 8.09. The number of ether oxygens (including phenoxy) is 4. The lowest BCUT2D eigenvalue weighted by Crippen LogP contribution is -2.34. The largest absolute Gasteiger partial charge is 0.497 e. The average molecular weight is 488 g/mol. The number of carbonyl (C=O) groups is 1. The van der Waals surface area contributed by atoms with Gasteiger partial charge in [-0.3, -0.25) is 0 Å². The number of urea groups is 1. The Labute approximate surface area is 208 Å². The van der Waals surface area contributed by atoms with Crippen molar-refractivity contribution in [2.75, 3.05) is 26.3 Å². The zero-order valence-electron chi connectivity index (χ0n) is 19.9. The monoisotopic (exact) mass is 487 g/mol. The van der Waals surface area contributed by atoms with Gasteiger partial charge in [0.2, 0.25) is 6.79 Å². The summed E-state index contributed by atoms with van der Waals surface area (Å²) in [7, 11) is 3.18. The molecule has 184 valence electrons. The van der Waals surface area contributed by atoms with Gasteiger partial charge in [0.05, 0.1) is 26.3 Å². The van der Waals surface area contributed by atoms with Crippen molar-refractivity contribution in [2.24, 2.45) is 0 Å². The van der Waals surface area contributed by atoms with Crippen LogP contribution in [0.2, 0.25) is 0 Å². The third kappa shape index (κ3) is 5.05. The number of anilines is 1. The van der Waals surface area contributed by atoms with Crippen LogP contribution in [0.3, 0.4) is 0 Å². The number of carbonyl (C=O) groups excluding carboxylic acids is 1. The summed E-state index contributed by atoms with van der Waals surface area (Å²) in [5.74, 6) is 3.14. The summed E-state index contributed by atoms with van der Waals surface area (Å²) in [6.45, 7) is 0.718. The lowest BCUT2D eigenvalue weighted by Gasteiger charge is -2.22. The van der Waals surface area contributed by atoms with Gasteiger partial charge in [-0.2, -0.15) is 0 Å². The van der Waals surface area contributed by atoms with E-state index in [4.69, 9.17) is 23.5 Å². The quantitative estimate of drug-likeness (QED) is 0.359. The third-order valence-corrected chi connectivity index (χ3v) is 5.71. The topological polar surface area (TPSA) is 95.3 Å². The molecule has 4 aromatic rings. The summed E-state index contributed by atoms with van der Waals surface area (Å²) in [6, 6.07) is 21.9. The molecule has 0 radical (unpaired) electrons. The van der Waals surface area contributed by atoms with Gasteiger partial charge in [0.25, 0.3) is 0 Å². The van der Waals surface area contributed by atoms with E-state index in [2.05, 4.69) is 10.5 Å². The standard InChI is InChI=1S/C27H25N3O6/c1-32-21-9-11-23(33-2)22(14-21)25-13-20(29-36-25)16-30(27(31)28-19-6-4-3-5-7-19)15-18-8-10-24-26(12-18)35-17-34-24/h3-14H,15-17H2,1-2H3,(H,28,31). The fourth-order valence-electron chi connectivity index (χ4n) is 3.90. The maximum Gasteiger partial charge on any atom is 0.322 e. The number of nitrogens with one attached hydrogen (secondary N) is 1. The van der Waals surface area contributed by atoms with Crippen molar-refractivity contribution < 1.29 is 28.3 Å². The molecule has 0 aliphatic carbocycles. The van der Waals surface area contributed by atoms with Crippen LogP contribution in [0.25, 0.3) is 11.3 Å². The summed E-state index contributed by atoms with van der Waals surface area (Å²) in [5, 5.41) is 7.16. The highest BCUT2D eigenvalue weighted by Gasteiger charge is 2.21. The predicted molar refractivity (Wildman–Crippen MR) is 132 cm³/mol. The molecular formula is C27H25N3O6. The molecular weight excluding hydrogens is 462 g/mol.